The zero-order valence-corrected chi connectivity index (χ0v) is 13.1. The Kier molecular flexibility index (Phi) is 5.98. The van der Waals surface area contributed by atoms with Crippen molar-refractivity contribution in [3.63, 3.8) is 0 Å². The SMILES string of the molecule is C=C(C)COCC1CN(Cc2ccccc2)CCN1C(=O)O. The average Bonchev–Trinajstić information content (AvgIpc) is 2.48. The van der Waals surface area contributed by atoms with E-state index in [-0.39, 0.29) is 6.04 Å². The molecule has 1 saturated heterocycles. The zero-order chi connectivity index (χ0) is 15.9. The van der Waals surface area contributed by atoms with Crippen LogP contribution in [0.1, 0.15) is 12.5 Å². The quantitative estimate of drug-likeness (QED) is 0.820. The summed E-state index contributed by atoms with van der Waals surface area (Å²) in [5.41, 5.74) is 2.19. The minimum atomic E-state index is -0.872. The zero-order valence-electron chi connectivity index (χ0n) is 13.1. The van der Waals surface area contributed by atoms with Crippen LogP contribution in [0.15, 0.2) is 42.5 Å². The first-order chi connectivity index (χ1) is 10.6. The minimum absolute atomic E-state index is 0.130. The van der Waals surface area contributed by atoms with Crippen molar-refractivity contribution >= 4 is 6.09 Å². The number of carbonyl (C=O) groups is 1. The summed E-state index contributed by atoms with van der Waals surface area (Å²) < 4.78 is 5.58. The molecular weight excluding hydrogens is 280 g/mol. The van der Waals surface area contributed by atoms with Gasteiger partial charge in [0.05, 0.1) is 19.3 Å². The number of hydrogen-bond acceptors (Lipinski definition) is 3. The van der Waals surface area contributed by atoms with Gasteiger partial charge in [0, 0.05) is 26.2 Å². The Morgan fingerprint density at radius 3 is 2.73 bits per heavy atom. The number of carboxylic acid groups (broad SMARTS) is 1. The molecule has 120 valence electrons. The van der Waals surface area contributed by atoms with Crippen LogP contribution in [0.4, 0.5) is 4.79 Å². The second-order valence-corrected chi connectivity index (χ2v) is 5.82. The van der Waals surface area contributed by atoms with Gasteiger partial charge >= 0.3 is 6.09 Å². The number of piperazine rings is 1. The molecule has 1 aliphatic rings. The van der Waals surface area contributed by atoms with Gasteiger partial charge in [0.2, 0.25) is 0 Å². The van der Waals surface area contributed by atoms with Crippen LogP contribution >= 0.6 is 0 Å². The first kappa shape index (κ1) is 16.5. The van der Waals surface area contributed by atoms with Crippen LogP contribution in [-0.4, -0.2) is 59.9 Å². The van der Waals surface area contributed by atoms with Gasteiger partial charge in [-0.15, -0.1) is 0 Å². The normalized spacial score (nSPS) is 19.1. The van der Waals surface area contributed by atoms with Crippen molar-refractivity contribution in [2.45, 2.75) is 19.5 Å². The van der Waals surface area contributed by atoms with E-state index in [1.54, 1.807) is 0 Å². The Balaban J connectivity index is 1.93. The summed E-state index contributed by atoms with van der Waals surface area (Å²) in [4.78, 5) is 15.1. The molecule has 0 radical (unpaired) electrons. The first-order valence-corrected chi connectivity index (χ1v) is 7.54. The number of ether oxygens (including phenoxy) is 1. The lowest BCUT2D eigenvalue weighted by atomic mass is 10.1. The van der Waals surface area contributed by atoms with Gasteiger partial charge in [0.1, 0.15) is 0 Å². The van der Waals surface area contributed by atoms with Crippen molar-refractivity contribution in [3.05, 3.63) is 48.0 Å². The largest absolute Gasteiger partial charge is 0.465 e. The van der Waals surface area contributed by atoms with E-state index in [0.717, 1.165) is 18.7 Å². The number of hydrogen-bond donors (Lipinski definition) is 1. The van der Waals surface area contributed by atoms with E-state index in [4.69, 9.17) is 4.74 Å². The molecule has 0 saturated carbocycles. The summed E-state index contributed by atoms with van der Waals surface area (Å²) in [5.74, 6) is 0. The molecular formula is C17H24N2O3. The van der Waals surface area contributed by atoms with Gasteiger partial charge in [-0.25, -0.2) is 4.79 Å². The van der Waals surface area contributed by atoms with E-state index in [2.05, 4.69) is 23.6 Å². The molecule has 5 heteroatoms. The average molecular weight is 304 g/mol. The molecule has 0 bridgehead atoms. The molecule has 22 heavy (non-hydrogen) atoms. The van der Waals surface area contributed by atoms with Crippen LogP contribution in [0.5, 0.6) is 0 Å². The maximum Gasteiger partial charge on any atom is 0.407 e. The van der Waals surface area contributed by atoms with Crippen molar-refractivity contribution in [2.75, 3.05) is 32.8 Å². The highest BCUT2D eigenvalue weighted by Crippen LogP contribution is 2.14. The third-order valence-corrected chi connectivity index (χ3v) is 3.72. The molecule has 1 atom stereocenters. The van der Waals surface area contributed by atoms with Crippen molar-refractivity contribution in [1.82, 2.24) is 9.80 Å². The molecule has 1 aliphatic heterocycles. The van der Waals surface area contributed by atoms with Crippen LogP contribution in [-0.2, 0) is 11.3 Å². The lowest BCUT2D eigenvalue weighted by Gasteiger charge is -2.39. The minimum Gasteiger partial charge on any atom is -0.465 e. The Bertz CT molecular complexity index is 504. The molecule has 1 aromatic rings. The number of nitrogens with zero attached hydrogens (tertiary/aromatic N) is 2. The van der Waals surface area contributed by atoms with Crippen molar-refractivity contribution in [3.8, 4) is 0 Å². The third kappa shape index (κ3) is 4.86. The Morgan fingerprint density at radius 2 is 2.09 bits per heavy atom. The molecule has 0 aliphatic carbocycles. The van der Waals surface area contributed by atoms with Crippen LogP contribution in [0, 0.1) is 0 Å². The van der Waals surface area contributed by atoms with Gasteiger partial charge < -0.3 is 14.7 Å². The van der Waals surface area contributed by atoms with Crippen LogP contribution < -0.4 is 0 Å². The summed E-state index contributed by atoms with van der Waals surface area (Å²) >= 11 is 0. The van der Waals surface area contributed by atoms with Gasteiger partial charge in [-0.05, 0) is 12.5 Å². The summed E-state index contributed by atoms with van der Waals surface area (Å²) in [6, 6.07) is 10.1. The van der Waals surface area contributed by atoms with E-state index >= 15 is 0 Å². The molecule has 1 aromatic carbocycles. The fourth-order valence-corrected chi connectivity index (χ4v) is 2.67. The van der Waals surface area contributed by atoms with Crippen LogP contribution in [0.25, 0.3) is 0 Å². The van der Waals surface area contributed by atoms with Crippen molar-refractivity contribution in [2.24, 2.45) is 0 Å². The highest BCUT2D eigenvalue weighted by molar-refractivity contribution is 5.65. The van der Waals surface area contributed by atoms with Gasteiger partial charge in [0.15, 0.2) is 0 Å². The Hall–Kier alpha value is -1.85. The smallest absolute Gasteiger partial charge is 0.407 e. The van der Waals surface area contributed by atoms with Crippen LogP contribution in [0.2, 0.25) is 0 Å². The molecule has 1 fully saturated rings. The molecule has 2 rings (SSSR count). The summed E-state index contributed by atoms with van der Waals surface area (Å²) in [6.07, 6.45) is -0.872. The molecule has 5 nitrogen and oxygen atoms in total. The van der Waals surface area contributed by atoms with E-state index in [1.165, 1.54) is 10.5 Å². The topological polar surface area (TPSA) is 53.0 Å². The maximum atomic E-state index is 11.4. The van der Waals surface area contributed by atoms with Crippen LogP contribution in [0.3, 0.4) is 0 Å². The second-order valence-electron chi connectivity index (χ2n) is 5.82. The predicted octanol–water partition coefficient (Wildman–Crippen LogP) is 2.44. The standard InChI is InChI=1S/C17H24N2O3/c1-14(2)12-22-13-16-11-18(8-9-19(16)17(20)21)10-15-6-4-3-5-7-15/h3-7,16H,1,8-13H2,2H3,(H,20,21). The molecule has 1 N–H and O–H groups in total. The number of benzene rings is 1. The number of rotatable bonds is 6. The van der Waals surface area contributed by atoms with Crippen molar-refractivity contribution in [1.29, 1.82) is 0 Å². The van der Waals surface area contributed by atoms with Gasteiger partial charge in [-0.2, -0.15) is 0 Å². The fourth-order valence-electron chi connectivity index (χ4n) is 2.67. The summed E-state index contributed by atoms with van der Waals surface area (Å²) in [6.45, 7) is 9.38. The number of amides is 1. The van der Waals surface area contributed by atoms with E-state index in [9.17, 15) is 9.90 Å². The molecule has 1 amide bonds. The predicted molar refractivity (Wildman–Crippen MR) is 85.9 cm³/mol. The molecule has 1 unspecified atom stereocenters. The van der Waals surface area contributed by atoms with Gasteiger partial charge in [-0.3, -0.25) is 4.90 Å². The maximum absolute atomic E-state index is 11.4. The fraction of sp³-hybridized carbons (Fsp3) is 0.471. The highest BCUT2D eigenvalue weighted by Gasteiger charge is 2.30. The van der Waals surface area contributed by atoms with E-state index < -0.39 is 6.09 Å². The molecule has 0 aromatic heterocycles. The van der Waals surface area contributed by atoms with Crippen molar-refractivity contribution < 1.29 is 14.6 Å². The second kappa shape index (κ2) is 7.96. The monoisotopic (exact) mass is 304 g/mol. The summed E-state index contributed by atoms with van der Waals surface area (Å²) in [5, 5.41) is 9.33. The van der Waals surface area contributed by atoms with E-state index in [0.29, 0.717) is 26.3 Å². The third-order valence-electron chi connectivity index (χ3n) is 3.72. The van der Waals surface area contributed by atoms with Gasteiger partial charge in [-0.1, -0.05) is 42.5 Å². The highest BCUT2D eigenvalue weighted by atomic mass is 16.5. The first-order valence-electron chi connectivity index (χ1n) is 7.54. The Morgan fingerprint density at radius 1 is 1.36 bits per heavy atom. The van der Waals surface area contributed by atoms with E-state index in [1.807, 2.05) is 25.1 Å². The Labute approximate surface area is 131 Å². The van der Waals surface area contributed by atoms with Gasteiger partial charge in [0.25, 0.3) is 0 Å². The lowest BCUT2D eigenvalue weighted by molar-refractivity contribution is 0.0180. The molecule has 0 spiro atoms. The lowest BCUT2D eigenvalue weighted by Crippen LogP contribution is -2.56. The molecule has 1 heterocycles. The summed E-state index contributed by atoms with van der Waals surface area (Å²) in [7, 11) is 0.